The van der Waals surface area contributed by atoms with Crippen LogP contribution in [0.4, 0.5) is 14.5 Å². The molecule has 1 amide bonds. The average Bonchev–Trinajstić information content (AvgIpc) is 2.67. The lowest BCUT2D eigenvalue weighted by Crippen LogP contribution is -2.50. The second-order valence-corrected chi connectivity index (χ2v) is 9.04. The summed E-state index contributed by atoms with van der Waals surface area (Å²) in [4.78, 5) is 14.2. The molecule has 1 aliphatic heterocycles. The number of anilines is 1. The van der Waals surface area contributed by atoms with Crippen molar-refractivity contribution in [2.24, 2.45) is 0 Å². The highest BCUT2D eigenvalue weighted by Crippen LogP contribution is 2.20. The Bertz CT molecular complexity index is 1020. The molecule has 1 aliphatic rings. The lowest BCUT2D eigenvalue weighted by molar-refractivity contribution is -0.117. The van der Waals surface area contributed by atoms with Crippen LogP contribution in [-0.4, -0.2) is 56.3 Å². The van der Waals surface area contributed by atoms with Gasteiger partial charge in [-0.15, -0.1) is 0 Å². The van der Waals surface area contributed by atoms with E-state index in [1.54, 1.807) is 18.2 Å². The first-order valence-corrected chi connectivity index (χ1v) is 10.7. The van der Waals surface area contributed by atoms with Crippen LogP contribution in [0.3, 0.4) is 0 Å². The van der Waals surface area contributed by atoms with Crippen LogP contribution in [0.15, 0.2) is 41.3 Å². The molecule has 0 atom stereocenters. The van der Waals surface area contributed by atoms with Gasteiger partial charge in [-0.2, -0.15) is 4.31 Å². The van der Waals surface area contributed by atoms with E-state index in [0.717, 1.165) is 23.3 Å². The van der Waals surface area contributed by atoms with Crippen molar-refractivity contribution in [2.45, 2.75) is 18.7 Å². The molecule has 1 fully saturated rings. The molecule has 0 aliphatic carbocycles. The van der Waals surface area contributed by atoms with Gasteiger partial charge in [0.25, 0.3) is 0 Å². The van der Waals surface area contributed by atoms with Gasteiger partial charge in [-0.1, -0.05) is 6.07 Å². The van der Waals surface area contributed by atoms with Crippen LogP contribution in [0, 0.1) is 25.5 Å². The highest BCUT2D eigenvalue weighted by atomic mass is 32.2. The van der Waals surface area contributed by atoms with E-state index >= 15 is 0 Å². The predicted molar refractivity (Wildman–Crippen MR) is 106 cm³/mol. The van der Waals surface area contributed by atoms with E-state index in [-0.39, 0.29) is 36.1 Å². The lowest BCUT2D eigenvalue weighted by Gasteiger charge is -2.33. The maximum absolute atomic E-state index is 13.2. The van der Waals surface area contributed by atoms with Crippen molar-refractivity contribution in [1.29, 1.82) is 0 Å². The lowest BCUT2D eigenvalue weighted by atomic mass is 10.1. The van der Waals surface area contributed by atoms with Gasteiger partial charge in [0, 0.05) is 37.9 Å². The molecule has 0 saturated carbocycles. The Morgan fingerprint density at radius 2 is 1.66 bits per heavy atom. The van der Waals surface area contributed by atoms with Crippen molar-refractivity contribution in [3.63, 3.8) is 0 Å². The van der Waals surface area contributed by atoms with Gasteiger partial charge < -0.3 is 5.32 Å². The first-order valence-electron chi connectivity index (χ1n) is 9.21. The fourth-order valence-corrected chi connectivity index (χ4v) is 4.64. The number of rotatable bonds is 5. The van der Waals surface area contributed by atoms with Gasteiger partial charge in [0.2, 0.25) is 15.9 Å². The molecule has 1 N–H and O–H groups in total. The van der Waals surface area contributed by atoms with Crippen molar-refractivity contribution in [2.75, 3.05) is 38.0 Å². The second-order valence-electron chi connectivity index (χ2n) is 7.10. The number of hydrogen-bond donors (Lipinski definition) is 1. The normalized spacial score (nSPS) is 16.0. The molecular formula is C20H23F2N3O3S. The maximum atomic E-state index is 13.2. The minimum absolute atomic E-state index is 0.0382. The fourth-order valence-electron chi connectivity index (χ4n) is 3.13. The number of sulfonamides is 1. The standard InChI is InChI=1S/C20H23F2N3O3S/c1-14-3-5-17(11-15(14)2)29(27,28)25-9-7-24(8-10-25)13-20(26)23-16-4-6-18(21)19(22)12-16/h3-6,11-12H,7-10,13H2,1-2H3,(H,23,26). The fraction of sp³-hybridized carbons (Fsp3) is 0.350. The van der Waals surface area contributed by atoms with E-state index in [2.05, 4.69) is 5.32 Å². The highest BCUT2D eigenvalue weighted by Gasteiger charge is 2.29. The Balaban J connectivity index is 1.56. The topological polar surface area (TPSA) is 69.7 Å². The Labute approximate surface area is 169 Å². The van der Waals surface area contributed by atoms with E-state index < -0.39 is 21.7 Å². The molecular weight excluding hydrogens is 400 g/mol. The molecule has 2 aromatic carbocycles. The summed E-state index contributed by atoms with van der Waals surface area (Å²) in [5, 5.41) is 2.52. The number of amides is 1. The molecule has 0 spiro atoms. The number of hydrogen-bond acceptors (Lipinski definition) is 4. The summed E-state index contributed by atoms with van der Waals surface area (Å²) >= 11 is 0. The third-order valence-electron chi connectivity index (χ3n) is 5.02. The summed E-state index contributed by atoms with van der Waals surface area (Å²) in [5.41, 5.74) is 2.12. The van der Waals surface area contributed by atoms with Gasteiger partial charge in [-0.25, -0.2) is 17.2 Å². The van der Waals surface area contributed by atoms with Crippen LogP contribution in [0.1, 0.15) is 11.1 Å². The zero-order valence-electron chi connectivity index (χ0n) is 16.3. The zero-order chi connectivity index (χ0) is 21.2. The molecule has 2 aromatic rings. The van der Waals surface area contributed by atoms with Gasteiger partial charge in [0.15, 0.2) is 11.6 Å². The molecule has 0 bridgehead atoms. The third-order valence-corrected chi connectivity index (χ3v) is 6.91. The first-order chi connectivity index (χ1) is 13.7. The molecule has 0 radical (unpaired) electrons. The summed E-state index contributed by atoms with van der Waals surface area (Å²) in [6.07, 6.45) is 0. The van der Waals surface area contributed by atoms with Crippen molar-refractivity contribution >= 4 is 21.6 Å². The van der Waals surface area contributed by atoms with E-state index in [4.69, 9.17) is 0 Å². The quantitative estimate of drug-likeness (QED) is 0.803. The number of carbonyl (C=O) groups is 1. The Kier molecular flexibility index (Phi) is 6.30. The van der Waals surface area contributed by atoms with Crippen LogP contribution < -0.4 is 5.32 Å². The predicted octanol–water partition coefficient (Wildman–Crippen LogP) is 2.53. The van der Waals surface area contributed by atoms with Crippen LogP contribution in [0.5, 0.6) is 0 Å². The third kappa shape index (κ3) is 4.98. The highest BCUT2D eigenvalue weighted by molar-refractivity contribution is 7.89. The van der Waals surface area contributed by atoms with Gasteiger partial charge in [-0.3, -0.25) is 9.69 Å². The summed E-state index contributed by atoms with van der Waals surface area (Å²) in [6, 6.07) is 8.22. The summed E-state index contributed by atoms with van der Waals surface area (Å²) in [6.45, 7) is 5.18. The number of benzene rings is 2. The summed E-state index contributed by atoms with van der Waals surface area (Å²) in [5.74, 6) is -2.39. The van der Waals surface area contributed by atoms with Gasteiger partial charge in [-0.05, 0) is 49.2 Å². The van der Waals surface area contributed by atoms with Crippen molar-refractivity contribution in [3.8, 4) is 0 Å². The van der Waals surface area contributed by atoms with Crippen molar-refractivity contribution in [3.05, 3.63) is 59.2 Å². The number of halogens is 2. The summed E-state index contributed by atoms with van der Waals surface area (Å²) in [7, 11) is -3.58. The molecule has 9 heteroatoms. The van der Waals surface area contributed by atoms with Gasteiger partial charge in [0.05, 0.1) is 11.4 Å². The number of aryl methyl sites for hydroxylation is 2. The van der Waals surface area contributed by atoms with Crippen LogP contribution in [0.25, 0.3) is 0 Å². The molecule has 29 heavy (non-hydrogen) atoms. The van der Waals surface area contributed by atoms with Gasteiger partial charge >= 0.3 is 0 Å². The Hall–Kier alpha value is -2.36. The van der Waals surface area contributed by atoms with Crippen LogP contribution in [-0.2, 0) is 14.8 Å². The van der Waals surface area contributed by atoms with Crippen molar-refractivity contribution < 1.29 is 22.0 Å². The molecule has 156 valence electrons. The maximum Gasteiger partial charge on any atom is 0.243 e. The number of piperazine rings is 1. The monoisotopic (exact) mass is 423 g/mol. The van der Waals surface area contributed by atoms with Gasteiger partial charge in [0.1, 0.15) is 0 Å². The van der Waals surface area contributed by atoms with E-state index in [1.165, 1.54) is 10.4 Å². The molecule has 0 unspecified atom stereocenters. The van der Waals surface area contributed by atoms with E-state index in [0.29, 0.717) is 13.1 Å². The Morgan fingerprint density at radius 1 is 0.966 bits per heavy atom. The minimum atomic E-state index is -3.58. The number of nitrogens with zero attached hydrogens (tertiary/aromatic N) is 2. The zero-order valence-corrected chi connectivity index (χ0v) is 17.1. The first kappa shape index (κ1) is 21.4. The van der Waals surface area contributed by atoms with Crippen LogP contribution in [0.2, 0.25) is 0 Å². The Morgan fingerprint density at radius 3 is 2.28 bits per heavy atom. The summed E-state index contributed by atoms with van der Waals surface area (Å²) < 4.78 is 53.3. The number of nitrogens with one attached hydrogen (secondary N) is 1. The van der Waals surface area contributed by atoms with E-state index in [1.807, 2.05) is 18.7 Å². The largest absolute Gasteiger partial charge is 0.325 e. The molecule has 3 rings (SSSR count). The van der Waals surface area contributed by atoms with E-state index in [9.17, 15) is 22.0 Å². The molecule has 6 nitrogen and oxygen atoms in total. The smallest absolute Gasteiger partial charge is 0.243 e. The molecule has 1 heterocycles. The SMILES string of the molecule is Cc1ccc(S(=O)(=O)N2CCN(CC(=O)Nc3ccc(F)c(F)c3)CC2)cc1C. The average molecular weight is 423 g/mol. The molecule has 0 aromatic heterocycles. The number of carbonyl (C=O) groups excluding carboxylic acids is 1. The molecule has 1 saturated heterocycles. The van der Waals surface area contributed by atoms with Crippen LogP contribution >= 0.6 is 0 Å². The minimum Gasteiger partial charge on any atom is -0.325 e. The van der Waals surface area contributed by atoms with Crippen molar-refractivity contribution in [1.82, 2.24) is 9.21 Å². The second kappa shape index (κ2) is 8.56.